The van der Waals surface area contributed by atoms with Crippen LogP contribution in [0.15, 0.2) is 48.7 Å². The number of amides is 2. The van der Waals surface area contributed by atoms with E-state index < -0.39 is 5.91 Å². The molecule has 2 aromatic heterocycles. The third kappa shape index (κ3) is 4.14. The summed E-state index contributed by atoms with van der Waals surface area (Å²) in [5, 5.41) is 5.65. The summed E-state index contributed by atoms with van der Waals surface area (Å²) < 4.78 is 7.36. The van der Waals surface area contributed by atoms with Crippen LogP contribution >= 0.6 is 0 Å². The zero-order valence-corrected chi connectivity index (χ0v) is 16.2. The molecular formula is C21H24N4O3. The Hall–Kier alpha value is -3.35. The minimum atomic E-state index is -0.421. The van der Waals surface area contributed by atoms with Gasteiger partial charge in [-0.2, -0.15) is 0 Å². The van der Waals surface area contributed by atoms with Gasteiger partial charge in [0.15, 0.2) is 5.69 Å². The van der Waals surface area contributed by atoms with Crippen molar-refractivity contribution in [1.82, 2.24) is 14.7 Å². The summed E-state index contributed by atoms with van der Waals surface area (Å²) in [6.45, 7) is 6.36. The molecule has 1 aromatic carbocycles. The van der Waals surface area contributed by atoms with E-state index in [2.05, 4.69) is 15.6 Å². The molecule has 0 fully saturated rings. The maximum Gasteiger partial charge on any atom is 0.292 e. The highest BCUT2D eigenvalue weighted by Crippen LogP contribution is 2.25. The number of nitrogens with zero attached hydrogens (tertiary/aromatic N) is 2. The summed E-state index contributed by atoms with van der Waals surface area (Å²) in [6, 6.07) is 12.6. The number of hydrogen-bond acceptors (Lipinski definition) is 4. The fourth-order valence-corrected chi connectivity index (χ4v) is 2.79. The Balaban J connectivity index is 1.94. The number of anilines is 1. The molecule has 7 heteroatoms. The summed E-state index contributed by atoms with van der Waals surface area (Å²) in [6.07, 6.45) is 2.50. The van der Waals surface area contributed by atoms with E-state index in [-0.39, 0.29) is 23.5 Å². The van der Waals surface area contributed by atoms with Crippen molar-refractivity contribution in [3.05, 3.63) is 60.2 Å². The number of pyridine rings is 1. The molecule has 0 radical (unpaired) electrons. The standard InChI is InChI=1S/C21H24N4O3/c1-4-12-22-20(26)18-16-10-7-8-13-25(16)19(24-18)21(27)23-15-9-5-6-11-17(15)28-14(2)3/h5-11,13-14H,4,12H2,1-3H3,(H,22,26)(H,23,27). The number of benzene rings is 1. The molecule has 0 spiro atoms. The highest BCUT2D eigenvalue weighted by Gasteiger charge is 2.22. The molecule has 0 aliphatic rings. The van der Waals surface area contributed by atoms with Gasteiger partial charge in [0.2, 0.25) is 5.82 Å². The van der Waals surface area contributed by atoms with E-state index in [1.54, 1.807) is 40.9 Å². The third-order valence-electron chi connectivity index (χ3n) is 4.00. The molecule has 0 atom stereocenters. The van der Waals surface area contributed by atoms with E-state index in [1.165, 1.54) is 0 Å². The lowest BCUT2D eigenvalue weighted by atomic mass is 10.3. The molecule has 2 amide bonds. The Morgan fingerprint density at radius 2 is 1.86 bits per heavy atom. The molecule has 0 bridgehead atoms. The minimum absolute atomic E-state index is 0.0285. The quantitative estimate of drug-likeness (QED) is 0.657. The summed E-state index contributed by atoms with van der Waals surface area (Å²) in [5.41, 5.74) is 1.35. The van der Waals surface area contributed by atoms with Crippen LogP contribution in [0, 0.1) is 0 Å². The number of rotatable bonds is 7. The topological polar surface area (TPSA) is 84.7 Å². The van der Waals surface area contributed by atoms with Crippen molar-refractivity contribution >= 4 is 23.0 Å². The number of nitrogens with one attached hydrogen (secondary N) is 2. The van der Waals surface area contributed by atoms with Crippen LogP contribution in [0.1, 0.15) is 48.3 Å². The summed E-state index contributed by atoms with van der Waals surface area (Å²) in [5.74, 6) is -0.00656. The first-order valence-electron chi connectivity index (χ1n) is 9.33. The molecule has 2 N–H and O–H groups in total. The van der Waals surface area contributed by atoms with Gasteiger partial charge in [0.05, 0.1) is 17.3 Å². The molecule has 0 aliphatic heterocycles. The molecule has 0 saturated heterocycles. The molecule has 2 heterocycles. The molecule has 3 aromatic rings. The Labute approximate surface area is 163 Å². The van der Waals surface area contributed by atoms with Crippen molar-refractivity contribution in [3.8, 4) is 5.75 Å². The fraction of sp³-hybridized carbons (Fsp3) is 0.286. The van der Waals surface area contributed by atoms with Crippen molar-refractivity contribution in [2.24, 2.45) is 0 Å². The maximum absolute atomic E-state index is 12.9. The Morgan fingerprint density at radius 1 is 1.11 bits per heavy atom. The number of fused-ring (bicyclic) bond motifs is 1. The molecule has 0 unspecified atom stereocenters. The Kier molecular flexibility index (Phi) is 5.93. The first-order chi connectivity index (χ1) is 13.5. The lowest BCUT2D eigenvalue weighted by Gasteiger charge is -2.14. The SMILES string of the molecule is CCCNC(=O)c1nc(C(=O)Nc2ccccc2OC(C)C)n2ccccc12. The van der Waals surface area contributed by atoms with Crippen molar-refractivity contribution in [2.75, 3.05) is 11.9 Å². The highest BCUT2D eigenvalue weighted by molar-refractivity contribution is 6.06. The second kappa shape index (κ2) is 8.56. The van der Waals surface area contributed by atoms with Crippen LogP contribution in [-0.2, 0) is 0 Å². The predicted molar refractivity (Wildman–Crippen MR) is 108 cm³/mol. The summed E-state index contributed by atoms with van der Waals surface area (Å²) in [7, 11) is 0. The van der Waals surface area contributed by atoms with Crippen molar-refractivity contribution in [1.29, 1.82) is 0 Å². The number of carbonyl (C=O) groups excluding carboxylic acids is 2. The van der Waals surface area contributed by atoms with Gasteiger partial charge in [0.1, 0.15) is 5.75 Å². The van der Waals surface area contributed by atoms with Crippen LogP contribution in [0.2, 0.25) is 0 Å². The van der Waals surface area contributed by atoms with Crippen LogP contribution in [0.5, 0.6) is 5.75 Å². The van der Waals surface area contributed by atoms with Crippen LogP contribution in [0.25, 0.3) is 5.52 Å². The number of para-hydroxylation sites is 2. The van der Waals surface area contributed by atoms with Crippen molar-refractivity contribution < 1.29 is 14.3 Å². The number of aromatic nitrogens is 2. The second-order valence-corrected chi connectivity index (χ2v) is 6.61. The van der Waals surface area contributed by atoms with E-state index in [0.29, 0.717) is 23.5 Å². The molecule has 0 saturated carbocycles. The van der Waals surface area contributed by atoms with Gasteiger partial charge in [0.25, 0.3) is 11.8 Å². The van der Waals surface area contributed by atoms with Crippen molar-refractivity contribution in [2.45, 2.75) is 33.3 Å². The molecule has 28 heavy (non-hydrogen) atoms. The number of imidazole rings is 1. The maximum atomic E-state index is 12.9. The monoisotopic (exact) mass is 380 g/mol. The number of carbonyl (C=O) groups is 2. The molecular weight excluding hydrogens is 356 g/mol. The molecule has 3 rings (SSSR count). The van der Waals surface area contributed by atoms with E-state index in [9.17, 15) is 9.59 Å². The third-order valence-corrected chi connectivity index (χ3v) is 4.00. The summed E-state index contributed by atoms with van der Waals surface area (Å²) in [4.78, 5) is 29.7. The van der Waals surface area contributed by atoms with E-state index in [0.717, 1.165) is 6.42 Å². The predicted octanol–water partition coefficient (Wildman–Crippen LogP) is 3.51. The van der Waals surface area contributed by atoms with Crippen LogP contribution in [0.4, 0.5) is 5.69 Å². The molecule has 7 nitrogen and oxygen atoms in total. The number of hydrogen-bond donors (Lipinski definition) is 2. The zero-order valence-electron chi connectivity index (χ0n) is 16.2. The average molecular weight is 380 g/mol. The van der Waals surface area contributed by atoms with Gasteiger partial charge in [-0.1, -0.05) is 25.1 Å². The van der Waals surface area contributed by atoms with E-state index in [4.69, 9.17) is 4.74 Å². The minimum Gasteiger partial charge on any atom is -0.489 e. The normalized spacial score (nSPS) is 10.9. The lowest BCUT2D eigenvalue weighted by molar-refractivity contribution is 0.0951. The van der Waals surface area contributed by atoms with Gasteiger partial charge in [-0.05, 0) is 44.5 Å². The van der Waals surface area contributed by atoms with Crippen LogP contribution in [0.3, 0.4) is 0 Å². The van der Waals surface area contributed by atoms with E-state index >= 15 is 0 Å². The summed E-state index contributed by atoms with van der Waals surface area (Å²) >= 11 is 0. The second-order valence-electron chi connectivity index (χ2n) is 6.61. The van der Waals surface area contributed by atoms with Gasteiger partial charge in [-0.25, -0.2) is 4.98 Å². The largest absolute Gasteiger partial charge is 0.489 e. The molecule has 0 aliphatic carbocycles. The zero-order chi connectivity index (χ0) is 20.1. The van der Waals surface area contributed by atoms with Crippen LogP contribution in [-0.4, -0.2) is 33.8 Å². The highest BCUT2D eigenvalue weighted by atomic mass is 16.5. The van der Waals surface area contributed by atoms with Gasteiger partial charge < -0.3 is 15.4 Å². The van der Waals surface area contributed by atoms with Gasteiger partial charge >= 0.3 is 0 Å². The van der Waals surface area contributed by atoms with Gasteiger partial charge in [-0.3, -0.25) is 14.0 Å². The Morgan fingerprint density at radius 3 is 2.61 bits per heavy atom. The first kappa shape index (κ1) is 19.4. The average Bonchev–Trinajstić information content (AvgIpc) is 3.07. The van der Waals surface area contributed by atoms with Gasteiger partial charge in [-0.15, -0.1) is 0 Å². The first-order valence-corrected chi connectivity index (χ1v) is 9.33. The number of ether oxygens (including phenoxy) is 1. The van der Waals surface area contributed by atoms with Crippen LogP contribution < -0.4 is 15.4 Å². The lowest BCUT2D eigenvalue weighted by Crippen LogP contribution is -2.24. The fourth-order valence-electron chi connectivity index (χ4n) is 2.79. The smallest absolute Gasteiger partial charge is 0.292 e. The van der Waals surface area contributed by atoms with E-state index in [1.807, 2.05) is 32.9 Å². The Bertz CT molecular complexity index is 994. The molecule has 146 valence electrons. The van der Waals surface area contributed by atoms with Gasteiger partial charge in [0, 0.05) is 12.7 Å². The van der Waals surface area contributed by atoms with Crippen molar-refractivity contribution in [3.63, 3.8) is 0 Å².